The van der Waals surface area contributed by atoms with Crippen LogP contribution >= 0.6 is 0 Å². The first-order valence-corrected chi connectivity index (χ1v) is 9.71. The van der Waals surface area contributed by atoms with Crippen LogP contribution in [0.15, 0.2) is 85.8 Å². The standard InChI is InChI=1S/C24H20FN5O2/c1-3-23(31)28-18-8-9-21(32-2)20(14-18)29-22-15-19(10-11-26-22)30-13-12-27-24(30)16-4-6-17(25)7-5-16/h3-15H,1H2,2H3,(H,26,29)(H,28,31). The Labute approximate surface area is 184 Å². The van der Waals surface area contributed by atoms with Crippen LogP contribution in [0, 0.1) is 5.82 Å². The molecule has 0 saturated carbocycles. The van der Waals surface area contributed by atoms with Crippen molar-refractivity contribution in [2.45, 2.75) is 0 Å². The SMILES string of the molecule is C=CC(=O)Nc1ccc(OC)c(Nc2cc(-n3ccnc3-c3ccc(F)cc3)ccn2)c1. The minimum absolute atomic E-state index is 0.303. The van der Waals surface area contributed by atoms with E-state index in [-0.39, 0.29) is 11.7 Å². The summed E-state index contributed by atoms with van der Waals surface area (Å²) in [7, 11) is 1.56. The van der Waals surface area contributed by atoms with Crippen LogP contribution in [0.3, 0.4) is 0 Å². The summed E-state index contributed by atoms with van der Waals surface area (Å²) in [5.41, 5.74) is 2.82. The molecule has 0 atom stereocenters. The number of halogens is 1. The molecular formula is C24H20FN5O2. The molecule has 2 aromatic carbocycles. The number of nitrogens with zero attached hydrogens (tertiary/aromatic N) is 3. The van der Waals surface area contributed by atoms with E-state index in [4.69, 9.17) is 4.74 Å². The van der Waals surface area contributed by atoms with Crippen molar-refractivity contribution in [1.82, 2.24) is 14.5 Å². The van der Waals surface area contributed by atoms with E-state index in [0.29, 0.717) is 28.8 Å². The zero-order chi connectivity index (χ0) is 22.5. The number of hydrogen-bond donors (Lipinski definition) is 2. The Balaban J connectivity index is 1.65. The van der Waals surface area contributed by atoms with Crippen LogP contribution in [0.5, 0.6) is 5.75 Å². The highest BCUT2D eigenvalue weighted by Gasteiger charge is 2.11. The molecule has 0 spiro atoms. The largest absolute Gasteiger partial charge is 0.495 e. The number of imidazole rings is 1. The fourth-order valence-electron chi connectivity index (χ4n) is 3.18. The molecule has 2 N–H and O–H groups in total. The van der Waals surface area contributed by atoms with Gasteiger partial charge in [-0.15, -0.1) is 0 Å². The summed E-state index contributed by atoms with van der Waals surface area (Å²) in [6.07, 6.45) is 6.37. The average molecular weight is 429 g/mol. The number of amides is 1. The maximum Gasteiger partial charge on any atom is 0.247 e. The first-order valence-electron chi connectivity index (χ1n) is 9.71. The van der Waals surface area contributed by atoms with Crippen LogP contribution in [-0.4, -0.2) is 27.6 Å². The van der Waals surface area contributed by atoms with Gasteiger partial charge in [-0.25, -0.2) is 14.4 Å². The summed E-state index contributed by atoms with van der Waals surface area (Å²) >= 11 is 0. The number of rotatable bonds is 7. The lowest BCUT2D eigenvalue weighted by molar-refractivity contribution is -0.111. The third kappa shape index (κ3) is 4.49. The van der Waals surface area contributed by atoms with Crippen molar-refractivity contribution >= 4 is 23.1 Å². The zero-order valence-electron chi connectivity index (χ0n) is 17.2. The van der Waals surface area contributed by atoms with E-state index in [9.17, 15) is 9.18 Å². The van der Waals surface area contributed by atoms with Crippen molar-refractivity contribution in [2.24, 2.45) is 0 Å². The van der Waals surface area contributed by atoms with Gasteiger partial charge in [-0.3, -0.25) is 9.36 Å². The molecule has 4 rings (SSSR count). The van der Waals surface area contributed by atoms with Gasteiger partial charge in [0.1, 0.15) is 23.2 Å². The predicted octanol–water partition coefficient (Wildman–Crippen LogP) is 4.95. The van der Waals surface area contributed by atoms with Crippen molar-refractivity contribution in [1.29, 1.82) is 0 Å². The van der Waals surface area contributed by atoms with Crippen molar-refractivity contribution in [3.63, 3.8) is 0 Å². The molecule has 2 heterocycles. The second-order valence-corrected chi connectivity index (χ2v) is 6.76. The Morgan fingerprint density at radius 2 is 1.91 bits per heavy atom. The van der Waals surface area contributed by atoms with Gasteiger partial charge in [-0.1, -0.05) is 6.58 Å². The van der Waals surface area contributed by atoms with Gasteiger partial charge in [0, 0.05) is 35.9 Å². The van der Waals surface area contributed by atoms with Crippen molar-refractivity contribution < 1.29 is 13.9 Å². The number of hydrogen-bond acceptors (Lipinski definition) is 5. The predicted molar refractivity (Wildman–Crippen MR) is 122 cm³/mol. The minimum atomic E-state index is -0.310. The molecule has 0 aliphatic heterocycles. The van der Waals surface area contributed by atoms with Crippen molar-refractivity contribution in [2.75, 3.05) is 17.7 Å². The molecular weight excluding hydrogens is 409 g/mol. The number of ether oxygens (including phenoxy) is 1. The van der Waals surface area contributed by atoms with E-state index >= 15 is 0 Å². The molecule has 2 aromatic heterocycles. The smallest absolute Gasteiger partial charge is 0.247 e. The van der Waals surface area contributed by atoms with Crippen LogP contribution in [0.25, 0.3) is 17.1 Å². The van der Waals surface area contributed by atoms with Crippen LogP contribution < -0.4 is 15.4 Å². The molecule has 0 aliphatic rings. The first kappa shape index (κ1) is 20.8. The molecule has 4 aromatic rings. The number of carbonyl (C=O) groups excluding carboxylic acids is 1. The van der Waals surface area contributed by atoms with Gasteiger partial charge in [-0.05, 0) is 54.6 Å². The van der Waals surface area contributed by atoms with Gasteiger partial charge in [0.2, 0.25) is 5.91 Å². The number of aromatic nitrogens is 3. The maximum absolute atomic E-state index is 13.3. The van der Waals surface area contributed by atoms with E-state index in [0.717, 1.165) is 11.3 Å². The molecule has 32 heavy (non-hydrogen) atoms. The van der Waals surface area contributed by atoms with Crippen molar-refractivity contribution in [3.05, 3.63) is 91.7 Å². The first-order chi connectivity index (χ1) is 15.6. The number of nitrogens with one attached hydrogen (secondary N) is 2. The highest BCUT2D eigenvalue weighted by Crippen LogP contribution is 2.31. The van der Waals surface area contributed by atoms with Gasteiger partial charge >= 0.3 is 0 Å². The summed E-state index contributed by atoms with van der Waals surface area (Å²) in [5, 5.41) is 5.95. The Bertz CT molecular complexity index is 1270. The molecule has 0 saturated heterocycles. The summed E-state index contributed by atoms with van der Waals surface area (Å²) in [5.74, 6) is 1.21. The Morgan fingerprint density at radius 3 is 2.66 bits per heavy atom. The normalized spacial score (nSPS) is 10.4. The van der Waals surface area contributed by atoms with Crippen LogP contribution in [0.2, 0.25) is 0 Å². The number of benzene rings is 2. The maximum atomic E-state index is 13.3. The summed E-state index contributed by atoms with van der Waals surface area (Å²) in [4.78, 5) is 20.4. The van der Waals surface area contributed by atoms with Gasteiger partial charge in [-0.2, -0.15) is 0 Å². The van der Waals surface area contributed by atoms with E-state index in [1.54, 1.807) is 49.8 Å². The minimum Gasteiger partial charge on any atom is -0.495 e. The van der Waals surface area contributed by atoms with E-state index < -0.39 is 0 Å². The number of methoxy groups -OCH3 is 1. The lowest BCUT2D eigenvalue weighted by atomic mass is 10.2. The third-order valence-electron chi connectivity index (χ3n) is 4.68. The molecule has 1 amide bonds. The third-order valence-corrected chi connectivity index (χ3v) is 4.68. The van der Waals surface area contributed by atoms with Crippen LogP contribution in [0.1, 0.15) is 0 Å². The number of carbonyl (C=O) groups is 1. The molecule has 0 radical (unpaired) electrons. The van der Waals surface area contributed by atoms with Gasteiger partial charge in [0.25, 0.3) is 0 Å². The van der Waals surface area contributed by atoms with Gasteiger partial charge < -0.3 is 15.4 Å². The Morgan fingerprint density at radius 1 is 1.09 bits per heavy atom. The van der Waals surface area contributed by atoms with E-state index in [2.05, 4.69) is 27.2 Å². The molecule has 0 unspecified atom stereocenters. The van der Waals surface area contributed by atoms with Crippen LogP contribution in [-0.2, 0) is 4.79 Å². The quantitative estimate of drug-likeness (QED) is 0.406. The fourth-order valence-corrected chi connectivity index (χ4v) is 3.18. The van der Waals surface area contributed by atoms with E-state index in [1.165, 1.54) is 18.2 Å². The Hall–Kier alpha value is -4.46. The molecule has 0 aliphatic carbocycles. The number of pyridine rings is 1. The average Bonchev–Trinajstić information content (AvgIpc) is 3.30. The summed E-state index contributed by atoms with van der Waals surface area (Å²) < 4.78 is 20.6. The van der Waals surface area contributed by atoms with Gasteiger partial charge in [0.15, 0.2) is 0 Å². The van der Waals surface area contributed by atoms with Crippen molar-refractivity contribution in [3.8, 4) is 22.8 Å². The topological polar surface area (TPSA) is 81.1 Å². The lowest BCUT2D eigenvalue weighted by Gasteiger charge is -2.14. The molecule has 160 valence electrons. The molecule has 8 heteroatoms. The highest BCUT2D eigenvalue weighted by atomic mass is 19.1. The summed E-state index contributed by atoms with van der Waals surface area (Å²) in [6.45, 7) is 3.46. The summed E-state index contributed by atoms with van der Waals surface area (Å²) in [6, 6.07) is 15.1. The zero-order valence-corrected chi connectivity index (χ0v) is 17.2. The monoisotopic (exact) mass is 429 g/mol. The second-order valence-electron chi connectivity index (χ2n) is 6.76. The second kappa shape index (κ2) is 9.13. The van der Waals surface area contributed by atoms with Crippen LogP contribution in [0.4, 0.5) is 21.6 Å². The molecule has 0 bridgehead atoms. The van der Waals surface area contributed by atoms with Gasteiger partial charge in [0.05, 0.1) is 18.5 Å². The molecule has 0 fully saturated rings. The highest BCUT2D eigenvalue weighted by molar-refractivity contribution is 5.99. The number of anilines is 3. The molecule has 7 nitrogen and oxygen atoms in total. The van der Waals surface area contributed by atoms with E-state index in [1.807, 2.05) is 22.9 Å². The lowest BCUT2D eigenvalue weighted by Crippen LogP contribution is -2.08. The fraction of sp³-hybridized carbons (Fsp3) is 0.0417. The Kier molecular flexibility index (Phi) is 5.94.